The third kappa shape index (κ3) is 5.57. The maximum Gasteiger partial charge on any atom is 0.183 e. The monoisotopic (exact) mass is 410 g/mol. The highest BCUT2D eigenvalue weighted by molar-refractivity contribution is 6.03. The van der Waals surface area contributed by atoms with Gasteiger partial charge in [0.2, 0.25) is 0 Å². The molecule has 0 heterocycles. The number of likely N-dealkylation sites (N-methyl/N-ethyl adjacent to an activating group) is 2. The number of ketones is 1. The Morgan fingerprint density at radius 3 is 1.90 bits per heavy atom. The molecule has 0 aromatic heterocycles. The molecule has 4 heteroatoms. The lowest BCUT2D eigenvalue weighted by Gasteiger charge is -2.38. The largest absolute Gasteiger partial charge is 0.384 e. The van der Waals surface area contributed by atoms with Crippen molar-refractivity contribution in [1.82, 2.24) is 9.80 Å². The molecule has 2 aromatic carbocycles. The van der Waals surface area contributed by atoms with Crippen molar-refractivity contribution in [3.05, 3.63) is 70.8 Å². The number of hydrogen-bond donors (Lipinski definition) is 1. The van der Waals surface area contributed by atoms with Crippen molar-refractivity contribution in [2.75, 3.05) is 34.7 Å². The van der Waals surface area contributed by atoms with E-state index in [0.29, 0.717) is 5.56 Å². The molecule has 1 N–H and O–H groups in total. The summed E-state index contributed by atoms with van der Waals surface area (Å²) < 4.78 is 0. The van der Waals surface area contributed by atoms with Gasteiger partial charge in [0.25, 0.3) is 0 Å². The lowest BCUT2D eigenvalue weighted by atomic mass is 9.81. The van der Waals surface area contributed by atoms with E-state index in [2.05, 4.69) is 49.9 Å². The van der Waals surface area contributed by atoms with Crippen LogP contribution in [0.25, 0.3) is 0 Å². The minimum absolute atomic E-state index is 0.156. The van der Waals surface area contributed by atoms with Crippen LogP contribution in [0.3, 0.4) is 0 Å². The molecule has 0 saturated heterocycles. The number of carbonyl (C=O) groups is 1. The zero-order chi connectivity index (χ0) is 22.3. The van der Waals surface area contributed by atoms with E-state index < -0.39 is 11.6 Å². The quantitative estimate of drug-likeness (QED) is 0.551. The van der Waals surface area contributed by atoms with Crippen molar-refractivity contribution in [2.24, 2.45) is 0 Å². The number of hydrogen-bond acceptors (Lipinski definition) is 4. The lowest BCUT2D eigenvalue weighted by Crippen LogP contribution is -2.50. The van der Waals surface area contributed by atoms with Crippen LogP contribution in [0.15, 0.2) is 48.5 Å². The van der Waals surface area contributed by atoms with Gasteiger partial charge in [-0.15, -0.1) is 0 Å². The normalized spacial score (nSPS) is 14.7. The Bertz CT molecular complexity index is 797. The zero-order valence-electron chi connectivity index (χ0n) is 19.5. The molecule has 0 aliphatic carbocycles. The summed E-state index contributed by atoms with van der Waals surface area (Å²) in [7, 11) is 8.10. The first kappa shape index (κ1) is 24.3. The summed E-state index contributed by atoms with van der Waals surface area (Å²) in [4.78, 5) is 17.5. The van der Waals surface area contributed by atoms with Crippen LogP contribution >= 0.6 is 0 Å². The van der Waals surface area contributed by atoms with Gasteiger partial charge >= 0.3 is 0 Å². The number of aliphatic hydroxyl groups is 1. The predicted octanol–water partition coefficient (Wildman–Crippen LogP) is 4.57. The first-order chi connectivity index (χ1) is 14.2. The van der Waals surface area contributed by atoms with Crippen LogP contribution in [0.5, 0.6) is 0 Å². The summed E-state index contributed by atoms with van der Waals surface area (Å²) in [5.74, 6) is 0.156. The Morgan fingerprint density at radius 2 is 1.47 bits per heavy atom. The van der Waals surface area contributed by atoms with Crippen molar-refractivity contribution in [1.29, 1.82) is 0 Å². The van der Waals surface area contributed by atoms with E-state index in [1.807, 2.05) is 50.5 Å². The number of aliphatic hydroxyl groups excluding tert-OH is 1. The average Bonchev–Trinajstić information content (AvgIpc) is 2.75. The molecule has 4 nitrogen and oxygen atoms in total. The molecule has 0 aliphatic heterocycles. The summed E-state index contributed by atoms with van der Waals surface area (Å²) >= 11 is 0. The summed E-state index contributed by atoms with van der Waals surface area (Å²) in [6.07, 6.45) is 2.86. The standard InChI is InChI=1S/C26H38N2O2/c1-7-18-26(8-2,28(5)6)25(30)23-15-13-22(14-16-23)24(29)21-11-9-20(10-12-21)17-19-27(3)4/h9-16,24,29H,7-8,17-19H2,1-6H3. The van der Waals surface area contributed by atoms with Crippen LogP contribution in [0.4, 0.5) is 0 Å². The third-order valence-corrected chi connectivity index (χ3v) is 6.16. The molecule has 0 fully saturated rings. The van der Waals surface area contributed by atoms with E-state index in [-0.39, 0.29) is 5.78 Å². The Labute approximate surface area is 182 Å². The van der Waals surface area contributed by atoms with Gasteiger partial charge in [0.05, 0.1) is 5.54 Å². The molecule has 0 saturated carbocycles. The summed E-state index contributed by atoms with van der Waals surface area (Å²) in [6, 6.07) is 15.6. The van der Waals surface area contributed by atoms with Crippen LogP contribution in [0.1, 0.15) is 66.3 Å². The summed E-state index contributed by atoms with van der Waals surface area (Å²) in [6.45, 7) is 5.20. The van der Waals surface area contributed by atoms with E-state index in [4.69, 9.17) is 0 Å². The van der Waals surface area contributed by atoms with Gasteiger partial charge in [-0.2, -0.15) is 0 Å². The van der Waals surface area contributed by atoms with E-state index in [9.17, 15) is 9.90 Å². The molecule has 0 spiro atoms. The van der Waals surface area contributed by atoms with Gasteiger partial charge in [0.15, 0.2) is 5.78 Å². The Morgan fingerprint density at radius 1 is 0.933 bits per heavy atom. The zero-order valence-corrected chi connectivity index (χ0v) is 19.5. The minimum atomic E-state index is -0.697. The van der Waals surface area contributed by atoms with Gasteiger partial charge in [-0.1, -0.05) is 68.8 Å². The van der Waals surface area contributed by atoms with E-state index in [1.54, 1.807) is 0 Å². The highest BCUT2D eigenvalue weighted by atomic mass is 16.3. The number of Topliss-reactive ketones (excluding diaryl/α,β-unsaturated/α-hetero) is 1. The molecule has 164 valence electrons. The van der Waals surface area contributed by atoms with E-state index in [1.165, 1.54) is 5.56 Å². The number of benzene rings is 2. The Hall–Kier alpha value is -2.01. The van der Waals surface area contributed by atoms with Gasteiger partial charge in [0.1, 0.15) is 6.10 Å². The first-order valence-electron chi connectivity index (χ1n) is 11.0. The lowest BCUT2D eigenvalue weighted by molar-refractivity contribution is 0.0640. The van der Waals surface area contributed by atoms with Crippen LogP contribution in [0, 0.1) is 0 Å². The van der Waals surface area contributed by atoms with Crippen LogP contribution in [-0.4, -0.2) is 61.0 Å². The highest BCUT2D eigenvalue weighted by Gasteiger charge is 2.38. The van der Waals surface area contributed by atoms with Crippen LogP contribution in [-0.2, 0) is 6.42 Å². The van der Waals surface area contributed by atoms with Gasteiger partial charge in [-0.25, -0.2) is 0 Å². The van der Waals surface area contributed by atoms with Gasteiger partial charge in [-0.05, 0) is 64.1 Å². The second kappa shape index (κ2) is 10.9. The molecule has 30 heavy (non-hydrogen) atoms. The topological polar surface area (TPSA) is 43.8 Å². The van der Waals surface area contributed by atoms with Gasteiger partial charge < -0.3 is 10.0 Å². The molecular weight excluding hydrogens is 372 g/mol. The molecule has 2 atom stereocenters. The molecular formula is C26H38N2O2. The van der Waals surface area contributed by atoms with Gasteiger partial charge in [-0.3, -0.25) is 9.69 Å². The summed E-state index contributed by atoms with van der Waals surface area (Å²) in [5.41, 5.74) is 3.15. The predicted molar refractivity (Wildman–Crippen MR) is 125 cm³/mol. The minimum Gasteiger partial charge on any atom is -0.384 e. The number of nitrogens with zero attached hydrogens (tertiary/aromatic N) is 2. The van der Waals surface area contributed by atoms with E-state index >= 15 is 0 Å². The fourth-order valence-corrected chi connectivity index (χ4v) is 4.10. The van der Waals surface area contributed by atoms with Crippen molar-refractivity contribution in [3.8, 4) is 0 Å². The van der Waals surface area contributed by atoms with Crippen molar-refractivity contribution < 1.29 is 9.90 Å². The summed E-state index contributed by atoms with van der Waals surface area (Å²) in [5, 5.41) is 10.8. The maximum absolute atomic E-state index is 13.3. The highest BCUT2D eigenvalue weighted by Crippen LogP contribution is 2.29. The van der Waals surface area contributed by atoms with Crippen LogP contribution < -0.4 is 0 Å². The SMILES string of the molecule is CCCC(CC)(C(=O)c1ccc(C(O)c2ccc(CCN(C)C)cc2)cc1)N(C)C. The van der Waals surface area contributed by atoms with E-state index in [0.717, 1.165) is 43.4 Å². The second-order valence-corrected chi connectivity index (χ2v) is 8.68. The third-order valence-electron chi connectivity index (χ3n) is 6.16. The molecule has 2 unspecified atom stereocenters. The Kier molecular flexibility index (Phi) is 8.78. The molecule has 0 aliphatic rings. The number of carbonyl (C=O) groups excluding carboxylic acids is 1. The molecule has 2 rings (SSSR count). The number of rotatable bonds is 11. The molecule has 0 bridgehead atoms. The second-order valence-electron chi connectivity index (χ2n) is 8.68. The maximum atomic E-state index is 13.3. The Balaban J connectivity index is 2.17. The molecule has 0 amide bonds. The average molecular weight is 411 g/mol. The fourth-order valence-electron chi connectivity index (χ4n) is 4.10. The molecule has 2 aromatic rings. The molecule has 0 radical (unpaired) electrons. The van der Waals surface area contributed by atoms with Gasteiger partial charge in [0, 0.05) is 12.1 Å². The fraction of sp³-hybridized carbons (Fsp3) is 0.500. The smallest absolute Gasteiger partial charge is 0.183 e. The van der Waals surface area contributed by atoms with Crippen molar-refractivity contribution in [3.63, 3.8) is 0 Å². The first-order valence-corrected chi connectivity index (χ1v) is 11.0. The van der Waals surface area contributed by atoms with Crippen molar-refractivity contribution >= 4 is 5.78 Å². The van der Waals surface area contributed by atoms with Crippen LogP contribution in [0.2, 0.25) is 0 Å². The van der Waals surface area contributed by atoms with Crippen molar-refractivity contribution in [2.45, 2.75) is 51.2 Å².